The molecular formula is C17H23F3N2O2. The lowest BCUT2D eigenvalue weighted by Gasteiger charge is -2.25. The van der Waals surface area contributed by atoms with Crippen molar-refractivity contribution in [3.63, 3.8) is 0 Å². The zero-order valence-corrected chi connectivity index (χ0v) is 13.7. The van der Waals surface area contributed by atoms with E-state index in [1.54, 1.807) is 6.07 Å². The van der Waals surface area contributed by atoms with Crippen LogP contribution >= 0.6 is 0 Å². The first-order valence-electron chi connectivity index (χ1n) is 8.23. The van der Waals surface area contributed by atoms with Gasteiger partial charge in [0.2, 0.25) is 11.8 Å². The lowest BCUT2D eigenvalue weighted by molar-refractivity contribution is -0.154. The maximum atomic E-state index is 12.1. The van der Waals surface area contributed by atoms with Gasteiger partial charge in [0.1, 0.15) is 0 Å². The van der Waals surface area contributed by atoms with E-state index in [4.69, 9.17) is 0 Å². The number of rotatable bonds is 6. The summed E-state index contributed by atoms with van der Waals surface area (Å²) in [5.41, 5.74) is 0.660. The third-order valence-corrected chi connectivity index (χ3v) is 4.28. The Morgan fingerprint density at radius 3 is 2.71 bits per heavy atom. The molecule has 1 saturated carbocycles. The Balaban J connectivity index is 1.76. The van der Waals surface area contributed by atoms with Crippen molar-refractivity contribution < 1.29 is 22.7 Å². The van der Waals surface area contributed by atoms with Gasteiger partial charge in [-0.15, -0.1) is 0 Å². The lowest BCUT2D eigenvalue weighted by atomic mass is 9.81. The van der Waals surface area contributed by atoms with Crippen LogP contribution in [0.2, 0.25) is 0 Å². The molecule has 1 fully saturated rings. The third-order valence-electron chi connectivity index (χ3n) is 4.28. The van der Waals surface area contributed by atoms with Crippen molar-refractivity contribution in [1.82, 2.24) is 10.3 Å². The van der Waals surface area contributed by atoms with Gasteiger partial charge >= 0.3 is 6.18 Å². The molecule has 1 aliphatic rings. The summed E-state index contributed by atoms with van der Waals surface area (Å²) in [7, 11) is 0. The molecule has 0 atom stereocenters. The highest BCUT2D eigenvalue weighted by molar-refractivity contribution is 5.76. The van der Waals surface area contributed by atoms with Crippen LogP contribution in [-0.4, -0.2) is 23.7 Å². The smallest absolute Gasteiger partial charge is 0.422 e. The molecule has 1 N–H and O–H groups in total. The van der Waals surface area contributed by atoms with Crippen LogP contribution in [0.4, 0.5) is 13.2 Å². The second-order valence-corrected chi connectivity index (χ2v) is 6.51. The molecule has 0 radical (unpaired) electrons. The largest absolute Gasteiger partial charge is 0.468 e. The molecule has 0 bridgehead atoms. The van der Waals surface area contributed by atoms with Gasteiger partial charge in [-0.05, 0) is 36.3 Å². The first-order chi connectivity index (χ1) is 11.3. The lowest BCUT2D eigenvalue weighted by Crippen LogP contribution is -2.26. The molecule has 134 valence electrons. The van der Waals surface area contributed by atoms with Gasteiger partial charge in [0.15, 0.2) is 6.61 Å². The Labute approximate surface area is 139 Å². The van der Waals surface area contributed by atoms with Gasteiger partial charge in [0.25, 0.3) is 0 Å². The Hall–Kier alpha value is -1.79. The Bertz CT molecular complexity index is 541. The highest BCUT2D eigenvalue weighted by Crippen LogP contribution is 2.30. The highest BCUT2D eigenvalue weighted by Gasteiger charge is 2.28. The number of nitrogens with one attached hydrogen (secondary N) is 1. The number of carbonyl (C=O) groups is 1. The second kappa shape index (κ2) is 8.35. The standard InChI is InChI=1S/C17H23F3N2O2/c1-12-2-4-13(5-3-12)8-15(23)22-10-14-6-7-21-16(9-14)24-11-17(18,19)20/h6-7,9,12-13H,2-5,8,10-11H2,1H3,(H,22,23). The number of aromatic nitrogens is 1. The van der Waals surface area contributed by atoms with Crippen LogP contribution in [0, 0.1) is 11.8 Å². The molecule has 1 aliphatic carbocycles. The maximum Gasteiger partial charge on any atom is 0.422 e. The zero-order valence-electron chi connectivity index (χ0n) is 13.7. The second-order valence-electron chi connectivity index (χ2n) is 6.51. The van der Waals surface area contributed by atoms with Crippen molar-refractivity contribution in [2.24, 2.45) is 11.8 Å². The predicted molar refractivity (Wildman–Crippen MR) is 83.4 cm³/mol. The summed E-state index contributed by atoms with van der Waals surface area (Å²) in [6.45, 7) is 1.11. The van der Waals surface area contributed by atoms with Crippen molar-refractivity contribution in [2.45, 2.75) is 51.7 Å². The Morgan fingerprint density at radius 1 is 1.33 bits per heavy atom. The number of hydrogen-bond donors (Lipinski definition) is 1. The first-order valence-corrected chi connectivity index (χ1v) is 8.23. The van der Waals surface area contributed by atoms with Crippen molar-refractivity contribution in [3.05, 3.63) is 23.9 Å². The molecule has 0 saturated heterocycles. The average molecular weight is 344 g/mol. The summed E-state index contributed by atoms with van der Waals surface area (Å²) in [6, 6.07) is 3.05. The molecule has 1 aromatic heterocycles. The van der Waals surface area contributed by atoms with Gasteiger partial charge < -0.3 is 10.1 Å². The minimum absolute atomic E-state index is 0.0240. The van der Waals surface area contributed by atoms with Crippen LogP contribution in [-0.2, 0) is 11.3 Å². The molecule has 0 spiro atoms. The molecule has 1 heterocycles. The fraction of sp³-hybridized carbons (Fsp3) is 0.647. The normalized spacial score (nSPS) is 21.3. The number of halogens is 3. The van der Waals surface area contributed by atoms with Crippen molar-refractivity contribution in [3.8, 4) is 5.88 Å². The van der Waals surface area contributed by atoms with Crippen LogP contribution in [0.15, 0.2) is 18.3 Å². The quantitative estimate of drug-likeness (QED) is 0.853. The van der Waals surface area contributed by atoms with Gasteiger partial charge in [-0.1, -0.05) is 19.8 Å². The highest BCUT2D eigenvalue weighted by atomic mass is 19.4. The van der Waals surface area contributed by atoms with Gasteiger partial charge in [0.05, 0.1) is 0 Å². The first kappa shape index (κ1) is 18.5. The Kier molecular flexibility index (Phi) is 6.45. The van der Waals surface area contributed by atoms with Crippen LogP contribution in [0.3, 0.4) is 0 Å². The molecule has 4 nitrogen and oxygen atoms in total. The van der Waals surface area contributed by atoms with Gasteiger partial charge in [-0.3, -0.25) is 4.79 Å². The van der Waals surface area contributed by atoms with E-state index in [9.17, 15) is 18.0 Å². The summed E-state index contributed by atoms with van der Waals surface area (Å²) in [6.07, 6.45) is 1.98. The SMILES string of the molecule is CC1CCC(CC(=O)NCc2ccnc(OCC(F)(F)F)c2)CC1. The van der Waals surface area contributed by atoms with Crippen molar-refractivity contribution in [2.75, 3.05) is 6.61 Å². The van der Waals surface area contributed by atoms with E-state index >= 15 is 0 Å². The molecule has 2 rings (SSSR count). The third kappa shape index (κ3) is 6.76. The van der Waals surface area contributed by atoms with Crippen LogP contribution in [0.1, 0.15) is 44.6 Å². The fourth-order valence-electron chi connectivity index (χ4n) is 2.86. The van der Waals surface area contributed by atoms with E-state index in [0.717, 1.165) is 18.8 Å². The predicted octanol–water partition coefficient (Wildman–Crippen LogP) is 3.86. The van der Waals surface area contributed by atoms with Gasteiger partial charge in [0, 0.05) is 25.2 Å². The molecule has 1 amide bonds. The summed E-state index contributed by atoms with van der Waals surface area (Å²) in [5.74, 6) is 1.06. The molecule has 0 unspecified atom stereocenters. The number of ether oxygens (including phenoxy) is 1. The summed E-state index contributed by atoms with van der Waals surface area (Å²) < 4.78 is 41.0. The summed E-state index contributed by atoms with van der Waals surface area (Å²) in [5, 5.41) is 2.81. The van der Waals surface area contributed by atoms with E-state index in [-0.39, 0.29) is 18.3 Å². The number of amides is 1. The fourth-order valence-corrected chi connectivity index (χ4v) is 2.86. The molecule has 0 aliphatic heterocycles. The molecule has 24 heavy (non-hydrogen) atoms. The van der Waals surface area contributed by atoms with Crippen LogP contribution in [0.5, 0.6) is 5.88 Å². The van der Waals surface area contributed by atoms with E-state index in [0.29, 0.717) is 17.9 Å². The number of alkyl halides is 3. The van der Waals surface area contributed by atoms with Gasteiger partial charge in [-0.25, -0.2) is 4.98 Å². The molecule has 0 aromatic carbocycles. The van der Waals surface area contributed by atoms with Crippen molar-refractivity contribution >= 4 is 5.91 Å². The molecule has 7 heteroatoms. The van der Waals surface area contributed by atoms with Crippen molar-refractivity contribution in [1.29, 1.82) is 0 Å². The number of nitrogens with zero attached hydrogens (tertiary/aromatic N) is 1. The molecular weight excluding hydrogens is 321 g/mol. The van der Waals surface area contributed by atoms with Crippen LogP contribution < -0.4 is 10.1 Å². The minimum Gasteiger partial charge on any atom is -0.468 e. The van der Waals surface area contributed by atoms with E-state index in [1.165, 1.54) is 25.1 Å². The number of carbonyl (C=O) groups excluding carboxylic acids is 1. The zero-order chi connectivity index (χ0) is 17.6. The summed E-state index contributed by atoms with van der Waals surface area (Å²) >= 11 is 0. The minimum atomic E-state index is -4.40. The maximum absolute atomic E-state index is 12.1. The monoisotopic (exact) mass is 344 g/mol. The Morgan fingerprint density at radius 2 is 2.04 bits per heavy atom. The number of hydrogen-bond acceptors (Lipinski definition) is 3. The van der Waals surface area contributed by atoms with E-state index in [1.807, 2.05) is 0 Å². The topological polar surface area (TPSA) is 51.2 Å². The van der Waals surface area contributed by atoms with Crippen LogP contribution in [0.25, 0.3) is 0 Å². The van der Waals surface area contributed by atoms with Gasteiger partial charge in [-0.2, -0.15) is 13.2 Å². The van der Waals surface area contributed by atoms with E-state index < -0.39 is 12.8 Å². The average Bonchev–Trinajstić information content (AvgIpc) is 2.53. The molecule has 1 aromatic rings. The summed E-state index contributed by atoms with van der Waals surface area (Å²) in [4.78, 5) is 15.7. The van der Waals surface area contributed by atoms with E-state index in [2.05, 4.69) is 22.0 Å². The number of pyridine rings is 1.